The van der Waals surface area contributed by atoms with Crippen LogP contribution < -0.4 is 5.32 Å². The van der Waals surface area contributed by atoms with E-state index in [-0.39, 0.29) is 22.8 Å². The molecule has 1 fully saturated rings. The Bertz CT molecular complexity index is 653. The van der Waals surface area contributed by atoms with E-state index >= 15 is 0 Å². The molecule has 2 rings (SSSR count). The molecule has 1 N–H and O–H groups in total. The smallest absolute Gasteiger partial charge is 0.254 e. The lowest BCUT2D eigenvalue weighted by Gasteiger charge is -2.23. The van der Waals surface area contributed by atoms with Gasteiger partial charge in [0.05, 0.1) is 11.5 Å². The summed E-state index contributed by atoms with van der Waals surface area (Å²) in [5.74, 6) is -2.43. The number of sulfone groups is 1. The van der Waals surface area contributed by atoms with Crippen molar-refractivity contribution in [2.24, 2.45) is 0 Å². The van der Waals surface area contributed by atoms with E-state index in [1.165, 1.54) is 19.0 Å². The highest BCUT2D eigenvalue weighted by molar-refractivity contribution is 7.91. The molecule has 0 radical (unpaired) electrons. The van der Waals surface area contributed by atoms with E-state index in [0.29, 0.717) is 6.42 Å². The van der Waals surface area contributed by atoms with Crippen molar-refractivity contribution in [3.05, 3.63) is 29.3 Å². The molecular formula is C13H16F2N2O3S. The molecule has 1 amide bonds. The van der Waals surface area contributed by atoms with E-state index in [1.54, 1.807) is 0 Å². The zero-order chi connectivity index (χ0) is 15.8. The normalized spacial score (nSPS) is 20.3. The Morgan fingerprint density at radius 3 is 2.33 bits per heavy atom. The summed E-state index contributed by atoms with van der Waals surface area (Å²) in [4.78, 5) is 13.5. The molecule has 116 valence electrons. The number of rotatable bonds is 3. The first kappa shape index (κ1) is 15.7. The zero-order valence-electron chi connectivity index (χ0n) is 11.7. The second-order valence-corrected chi connectivity index (χ2v) is 7.27. The van der Waals surface area contributed by atoms with Gasteiger partial charge >= 0.3 is 0 Å². The van der Waals surface area contributed by atoms with Gasteiger partial charge in [0.2, 0.25) is 0 Å². The van der Waals surface area contributed by atoms with Crippen LogP contribution in [0.25, 0.3) is 0 Å². The third-order valence-electron chi connectivity index (χ3n) is 3.62. The third-order valence-corrected chi connectivity index (χ3v) is 5.37. The molecule has 5 nitrogen and oxygen atoms in total. The van der Waals surface area contributed by atoms with Gasteiger partial charge in [-0.05, 0) is 18.6 Å². The molecule has 1 aliphatic rings. The number of carbonyl (C=O) groups excluding carboxylic acids is 1. The van der Waals surface area contributed by atoms with Crippen LogP contribution in [0.3, 0.4) is 0 Å². The van der Waals surface area contributed by atoms with Gasteiger partial charge in [0.15, 0.2) is 9.84 Å². The molecule has 1 aliphatic heterocycles. The van der Waals surface area contributed by atoms with Crippen LogP contribution in [0.4, 0.5) is 14.5 Å². The molecule has 1 aromatic carbocycles. The predicted molar refractivity (Wildman–Crippen MR) is 75.1 cm³/mol. The van der Waals surface area contributed by atoms with Crippen molar-refractivity contribution < 1.29 is 22.0 Å². The Labute approximate surface area is 121 Å². The van der Waals surface area contributed by atoms with E-state index in [4.69, 9.17) is 0 Å². The van der Waals surface area contributed by atoms with Gasteiger partial charge in [-0.2, -0.15) is 0 Å². The van der Waals surface area contributed by atoms with Crippen molar-refractivity contribution in [3.8, 4) is 0 Å². The Kier molecular flexibility index (Phi) is 4.18. The van der Waals surface area contributed by atoms with Crippen LogP contribution in [0.5, 0.6) is 0 Å². The molecular weight excluding hydrogens is 302 g/mol. The van der Waals surface area contributed by atoms with Crippen LogP contribution in [0.1, 0.15) is 16.8 Å². The van der Waals surface area contributed by atoms with Crippen LogP contribution in [-0.4, -0.2) is 50.9 Å². The van der Waals surface area contributed by atoms with Crippen molar-refractivity contribution in [2.75, 3.05) is 30.9 Å². The van der Waals surface area contributed by atoms with E-state index in [2.05, 4.69) is 5.32 Å². The number of nitrogens with zero attached hydrogens (tertiary/aromatic N) is 1. The van der Waals surface area contributed by atoms with Crippen molar-refractivity contribution in [1.82, 2.24) is 4.90 Å². The lowest BCUT2D eigenvalue weighted by atomic mass is 10.1. The van der Waals surface area contributed by atoms with Gasteiger partial charge in [0, 0.05) is 25.7 Å². The Balaban J connectivity index is 2.24. The fraction of sp³-hybridized carbons (Fsp3) is 0.462. The first-order valence-electron chi connectivity index (χ1n) is 6.39. The minimum absolute atomic E-state index is 0.0245. The number of anilines is 1. The molecule has 0 spiro atoms. The molecule has 0 bridgehead atoms. The second kappa shape index (κ2) is 5.59. The van der Waals surface area contributed by atoms with Gasteiger partial charge in [-0.1, -0.05) is 0 Å². The summed E-state index contributed by atoms with van der Waals surface area (Å²) in [7, 11) is -0.322. The molecule has 1 aromatic rings. The predicted octanol–water partition coefficient (Wildman–Crippen LogP) is 1.27. The second-order valence-electron chi connectivity index (χ2n) is 5.04. The Morgan fingerprint density at radius 1 is 1.33 bits per heavy atom. The zero-order valence-corrected chi connectivity index (χ0v) is 12.5. The van der Waals surface area contributed by atoms with E-state index in [9.17, 15) is 22.0 Å². The van der Waals surface area contributed by atoms with Crippen LogP contribution in [0.2, 0.25) is 0 Å². The largest absolute Gasteiger partial charge is 0.383 e. The maximum Gasteiger partial charge on any atom is 0.254 e. The van der Waals surface area contributed by atoms with Gasteiger partial charge in [-0.3, -0.25) is 4.79 Å². The highest BCUT2D eigenvalue weighted by Gasteiger charge is 2.33. The van der Waals surface area contributed by atoms with Gasteiger partial charge in [0.1, 0.15) is 17.3 Å². The lowest BCUT2D eigenvalue weighted by molar-refractivity contribution is 0.0746. The number of benzene rings is 1. The standard InChI is InChI=1S/C13H16F2N2O3S/c1-16-12-10(14)5-8(6-11(12)15)13(18)17(2)9-3-4-21(19,20)7-9/h5-6,9,16H,3-4,7H2,1-2H3. The van der Waals surface area contributed by atoms with E-state index < -0.39 is 33.4 Å². The number of hydrogen-bond acceptors (Lipinski definition) is 4. The quantitative estimate of drug-likeness (QED) is 0.911. The molecule has 8 heteroatoms. The fourth-order valence-corrected chi connectivity index (χ4v) is 4.16. The van der Waals surface area contributed by atoms with Gasteiger partial charge in [-0.15, -0.1) is 0 Å². The maximum atomic E-state index is 13.7. The van der Waals surface area contributed by atoms with E-state index in [1.807, 2.05) is 0 Å². The summed E-state index contributed by atoms with van der Waals surface area (Å²) in [6.07, 6.45) is 0.337. The summed E-state index contributed by atoms with van der Waals surface area (Å²) in [5.41, 5.74) is -0.451. The van der Waals surface area contributed by atoms with Gasteiger partial charge in [0.25, 0.3) is 5.91 Å². The van der Waals surface area contributed by atoms with Crippen LogP contribution >= 0.6 is 0 Å². The SMILES string of the molecule is CNc1c(F)cc(C(=O)N(C)C2CCS(=O)(=O)C2)cc1F. The maximum absolute atomic E-state index is 13.7. The first-order valence-corrected chi connectivity index (χ1v) is 8.21. The van der Waals surface area contributed by atoms with Gasteiger partial charge in [-0.25, -0.2) is 17.2 Å². The Hall–Kier alpha value is -1.70. The molecule has 0 aliphatic carbocycles. The average Bonchev–Trinajstić information content (AvgIpc) is 2.77. The third kappa shape index (κ3) is 3.15. The lowest BCUT2D eigenvalue weighted by Crippen LogP contribution is -2.37. The van der Waals surface area contributed by atoms with Crippen LogP contribution in [-0.2, 0) is 9.84 Å². The molecule has 1 atom stereocenters. The number of carbonyl (C=O) groups is 1. The summed E-state index contributed by atoms with van der Waals surface area (Å²) in [6.45, 7) is 0. The van der Waals surface area contributed by atoms with Crippen molar-refractivity contribution >= 4 is 21.4 Å². The minimum atomic E-state index is -3.14. The molecule has 0 saturated carbocycles. The summed E-state index contributed by atoms with van der Waals surface area (Å²) in [5, 5.41) is 2.37. The minimum Gasteiger partial charge on any atom is -0.383 e. The molecule has 0 aromatic heterocycles. The fourth-order valence-electron chi connectivity index (χ4n) is 2.39. The van der Waals surface area contributed by atoms with Crippen LogP contribution in [0.15, 0.2) is 12.1 Å². The summed E-state index contributed by atoms with van der Waals surface area (Å²) < 4.78 is 50.2. The monoisotopic (exact) mass is 318 g/mol. The van der Waals surface area contributed by atoms with E-state index in [0.717, 1.165) is 12.1 Å². The molecule has 1 heterocycles. The number of halogens is 2. The molecule has 1 saturated heterocycles. The summed E-state index contributed by atoms with van der Waals surface area (Å²) in [6, 6.07) is 1.42. The number of hydrogen-bond donors (Lipinski definition) is 1. The highest BCUT2D eigenvalue weighted by atomic mass is 32.2. The number of amides is 1. The number of nitrogens with one attached hydrogen (secondary N) is 1. The topological polar surface area (TPSA) is 66.5 Å². The van der Waals surface area contributed by atoms with Crippen LogP contribution in [0, 0.1) is 11.6 Å². The molecule has 21 heavy (non-hydrogen) atoms. The van der Waals surface area contributed by atoms with Gasteiger partial charge < -0.3 is 10.2 Å². The van der Waals surface area contributed by atoms with Crippen molar-refractivity contribution in [1.29, 1.82) is 0 Å². The highest BCUT2D eigenvalue weighted by Crippen LogP contribution is 2.23. The Morgan fingerprint density at radius 2 is 1.90 bits per heavy atom. The summed E-state index contributed by atoms with van der Waals surface area (Å²) >= 11 is 0. The first-order chi connectivity index (χ1) is 9.75. The molecule has 1 unspecified atom stereocenters. The van der Waals surface area contributed by atoms with Crippen molar-refractivity contribution in [2.45, 2.75) is 12.5 Å². The van der Waals surface area contributed by atoms with Crippen molar-refractivity contribution in [3.63, 3.8) is 0 Å². The average molecular weight is 318 g/mol.